The summed E-state index contributed by atoms with van der Waals surface area (Å²) in [5, 5.41) is 13.7. The van der Waals surface area contributed by atoms with Crippen LogP contribution in [-0.2, 0) is 9.53 Å². The van der Waals surface area contributed by atoms with E-state index in [9.17, 15) is 23.5 Å². The molecule has 4 aromatic rings. The van der Waals surface area contributed by atoms with Crippen LogP contribution in [0.15, 0.2) is 42.5 Å². The van der Waals surface area contributed by atoms with Crippen molar-refractivity contribution in [1.82, 2.24) is 19.5 Å². The van der Waals surface area contributed by atoms with Gasteiger partial charge in [-0.05, 0) is 49.9 Å². The van der Waals surface area contributed by atoms with Gasteiger partial charge in [0.1, 0.15) is 23.3 Å². The van der Waals surface area contributed by atoms with Gasteiger partial charge in [0.05, 0.1) is 23.9 Å². The first-order valence-electron chi connectivity index (χ1n) is 13.4. The summed E-state index contributed by atoms with van der Waals surface area (Å²) in [6.07, 6.45) is -0.0812. The van der Waals surface area contributed by atoms with Gasteiger partial charge < -0.3 is 19.6 Å². The smallest absolute Gasteiger partial charge is 0.303 e. The number of para-hydroxylation sites is 1. The molecule has 1 aliphatic rings. The second-order valence-corrected chi connectivity index (χ2v) is 10.5. The van der Waals surface area contributed by atoms with Crippen molar-refractivity contribution in [1.29, 1.82) is 0 Å². The fraction of sp³-hybridized carbons (Fsp3) is 0.333. The average molecular weight is 582 g/mol. The van der Waals surface area contributed by atoms with E-state index in [4.69, 9.17) is 4.74 Å². The maximum absolute atomic E-state index is 15.0. The highest BCUT2D eigenvalue weighted by Crippen LogP contribution is 2.33. The molecule has 1 aliphatic heterocycles. The molecular weight excluding hydrogens is 551 g/mol. The third-order valence-electron chi connectivity index (χ3n) is 7.79. The molecule has 2 aromatic carbocycles. The minimum atomic E-state index is -0.931. The van der Waals surface area contributed by atoms with E-state index in [1.807, 2.05) is 0 Å². The minimum absolute atomic E-state index is 0.0485. The normalized spacial score (nSPS) is 17.1. The van der Waals surface area contributed by atoms with Crippen molar-refractivity contribution in [2.75, 3.05) is 32.1 Å². The maximum atomic E-state index is 15.0. The predicted octanol–water partition coefficient (Wildman–Crippen LogP) is 5.15. The Morgan fingerprint density at radius 2 is 1.81 bits per heavy atom. The van der Waals surface area contributed by atoms with E-state index >= 15 is 4.39 Å². The number of carbonyl (C=O) groups is 2. The number of piperidine rings is 1. The molecule has 0 bridgehead atoms. The number of carbonyl (C=O) groups excluding carboxylic acids is 1. The minimum Gasteiger partial charge on any atom is -0.481 e. The Labute approximate surface area is 240 Å². The molecule has 220 valence electrons. The highest BCUT2D eigenvalue weighted by Gasteiger charge is 2.34. The van der Waals surface area contributed by atoms with Gasteiger partial charge in [-0.2, -0.15) is 9.61 Å². The lowest BCUT2D eigenvalue weighted by atomic mass is 9.90. The second-order valence-electron chi connectivity index (χ2n) is 10.5. The highest BCUT2D eigenvalue weighted by molar-refractivity contribution is 5.94. The van der Waals surface area contributed by atoms with Gasteiger partial charge in [-0.3, -0.25) is 9.59 Å². The fourth-order valence-corrected chi connectivity index (χ4v) is 5.44. The first kappa shape index (κ1) is 29.1. The number of amides is 1. The van der Waals surface area contributed by atoms with Gasteiger partial charge in [0.25, 0.3) is 5.91 Å². The number of halogens is 3. The topological polar surface area (TPSA) is 100 Å². The largest absolute Gasteiger partial charge is 0.481 e. The van der Waals surface area contributed by atoms with Crippen molar-refractivity contribution < 1.29 is 32.6 Å². The van der Waals surface area contributed by atoms with E-state index in [0.29, 0.717) is 24.3 Å². The number of aromatic nitrogens is 3. The number of hydrogen-bond donors (Lipinski definition) is 1. The zero-order valence-corrected chi connectivity index (χ0v) is 23.6. The first-order valence-corrected chi connectivity index (χ1v) is 13.4. The van der Waals surface area contributed by atoms with Crippen LogP contribution < -0.4 is 4.90 Å². The number of aryl methyl sites for hydroxylation is 1. The first-order chi connectivity index (χ1) is 20.0. The Balaban J connectivity index is 1.60. The van der Waals surface area contributed by atoms with Crippen molar-refractivity contribution in [3.05, 3.63) is 76.7 Å². The fourth-order valence-electron chi connectivity index (χ4n) is 5.44. The number of fused-ring (bicyclic) bond motifs is 1. The number of nitrogens with zero attached hydrogens (tertiary/aromatic N) is 5. The number of rotatable bonds is 7. The molecule has 1 fully saturated rings. The van der Waals surface area contributed by atoms with Crippen LogP contribution in [0.1, 0.15) is 34.5 Å². The van der Waals surface area contributed by atoms with Crippen LogP contribution in [0.5, 0.6) is 0 Å². The Bertz CT molecular complexity index is 1650. The van der Waals surface area contributed by atoms with E-state index in [-0.39, 0.29) is 52.7 Å². The monoisotopic (exact) mass is 581 g/mol. The van der Waals surface area contributed by atoms with Crippen molar-refractivity contribution in [3.63, 3.8) is 0 Å². The average Bonchev–Trinajstić information content (AvgIpc) is 3.39. The number of likely N-dealkylation sites (tertiary alicyclic amines) is 1. The number of anilines is 2. The molecule has 0 radical (unpaired) electrons. The van der Waals surface area contributed by atoms with E-state index in [1.165, 1.54) is 48.9 Å². The molecule has 0 aliphatic carbocycles. The molecule has 0 saturated carbocycles. The molecular formula is C30H30F3N5O4. The van der Waals surface area contributed by atoms with Crippen LogP contribution in [0.2, 0.25) is 0 Å². The number of benzene rings is 2. The summed E-state index contributed by atoms with van der Waals surface area (Å²) in [4.78, 5) is 32.5. The molecule has 9 nitrogen and oxygen atoms in total. The van der Waals surface area contributed by atoms with Crippen LogP contribution in [0, 0.1) is 37.2 Å². The van der Waals surface area contributed by atoms with Gasteiger partial charge in [0.2, 0.25) is 0 Å². The van der Waals surface area contributed by atoms with Crippen molar-refractivity contribution in [3.8, 4) is 11.3 Å². The number of carboxylic acid groups (broad SMARTS) is 1. The lowest BCUT2D eigenvalue weighted by molar-refractivity contribution is -0.140. The molecule has 1 amide bonds. The summed E-state index contributed by atoms with van der Waals surface area (Å²) in [5.41, 5.74) is 1.38. The summed E-state index contributed by atoms with van der Waals surface area (Å²) >= 11 is 0. The molecule has 42 heavy (non-hydrogen) atoms. The number of hydrogen-bond acceptors (Lipinski definition) is 6. The summed E-state index contributed by atoms with van der Waals surface area (Å²) in [7, 11) is 3.10. The molecule has 1 saturated heterocycles. The Hall–Kier alpha value is -4.45. The summed E-state index contributed by atoms with van der Waals surface area (Å²) in [6.45, 7) is 3.57. The highest BCUT2D eigenvalue weighted by atomic mass is 19.1. The van der Waals surface area contributed by atoms with Gasteiger partial charge in [0, 0.05) is 50.5 Å². The van der Waals surface area contributed by atoms with E-state index < -0.39 is 35.4 Å². The van der Waals surface area contributed by atoms with Gasteiger partial charge in [-0.1, -0.05) is 12.1 Å². The zero-order chi connectivity index (χ0) is 30.3. The Kier molecular flexibility index (Phi) is 7.91. The van der Waals surface area contributed by atoms with Crippen molar-refractivity contribution in [2.24, 2.45) is 5.92 Å². The van der Waals surface area contributed by atoms with Crippen LogP contribution >= 0.6 is 0 Å². The maximum Gasteiger partial charge on any atom is 0.303 e. The van der Waals surface area contributed by atoms with Crippen molar-refractivity contribution >= 4 is 29.0 Å². The van der Waals surface area contributed by atoms with E-state index in [1.54, 1.807) is 35.9 Å². The molecule has 1 N–H and O–H groups in total. The second kappa shape index (κ2) is 11.4. The predicted molar refractivity (Wildman–Crippen MR) is 149 cm³/mol. The van der Waals surface area contributed by atoms with Crippen LogP contribution in [0.3, 0.4) is 0 Å². The van der Waals surface area contributed by atoms with Gasteiger partial charge in [0.15, 0.2) is 11.3 Å². The summed E-state index contributed by atoms with van der Waals surface area (Å²) in [5.74, 6) is -3.25. The van der Waals surface area contributed by atoms with Crippen LogP contribution in [0.4, 0.5) is 24.7 Å². The number of methoxy groups -OCH3 is 1. The SMILES string of the molecule is CO[C@H]1CN(C(=O)c2cc3nc(-c4cc(F)c(C)c(F)c4)cc(N(C)c4c(C)cccc4F)n3n2)CC[C@H]1CC(=O)O. The lowest BCUT2D eigenvalue weighted by Gasteiger charge is -2.36. The molecule has 3 heterocycles. The third kappa shape index (κ3) is 5.41. The summed E-state index contributed by atoms with van der Waals surface area (Å²) < 4.78 is 50.9. The van der Waals surface area contributed by atoms with Crippen LogP contribution in [-0.4, -0.2) is 69.8 Å². The van der Waals surface area contributed by atoms with Gasteiger partial charge in [-0.15, -0.1) is 0 Å². The molecule has 0 spiro atoms. The van der Waals surface area contributed by atoms with Crippen molar-refractivity contribution in [2.45, 2.75) is 32.8 Å². The quantitative estimate of drug-likeness (QED) is 0.322. The van der Waals surface area contributed by atoms with E-state index in [0.717, 1.165) is 0 Å². The molecule has 12 heteroatoms. The molecule has 0 unspecified atom stereocenters. The Morgan fingerprint density at radius 3 is 2.45 bits per heavy atom. The number of aliphatic carboxylic acids is 1. The Morgan fingerprint density at radius 1 is 1.10 bits per heavy atom. The molecule has 2 atom stereocenters. The summed E-state index contributed by atoms with van der Waals surface area (Å²) in [6, 6.07) is 9.99. The number of carboxylic acids is 1. The third-order valence-corrected chi connectivity index (χ3v) is 7.79. The van der Waals surface area contributed by atoms with Gasteiger partial charge >= 0.3 is 5.97 Å². The zero-order valence-electron chi connectivity index (χ0n) is 23.6. The molecule has 5 rings (SSSR count). The lowest BCUT2D eigenvalue weighted by Crippen LogP contribution is -2.48. The standard InChI is InChI=1S/C30H30F3N5O4/c1-16-6-5-7-20(31)29(16)36(3)27-14-23(19-10-21(32)17(2)22(33)11-19)34-26-13-24(35-38(26)27)30(41)37-9-8-18(12-28(39)40)25(15-37)42-4/h5-7,10-11,13-14,18,25H,8-9,12,15H2,1-4H3,(H,39,40)/t18-,25-/m0/s1. The van der Waals surface area contributed by atoms with Gasteiger partial charge in [-0.25, -0.2) is 18.2 Å². The number of ether oxygens (including phenoxy) is 1. The van der Waals surface area contributed by atoms with E-state index in [2.05, 4.69) is 10.1 Å². The van der Waals surface area contributed by atoms with Crippen LogP contribution in [0.25, 0.3) is 16.9 Å². The molecule has 2 aromatic heterocycles.